The Labute approximate surface area is 170 Å². The number of aryl methyl sites for hydroxylation is 1. The average Bonchev–Trinajstić information content (AvgIpc) is 3.06. The van der Waals surface area contributed by atoms with Crippen LogP contribution >= 0.6 is 11.8 Å². The van der Waals surface area contributed by atoms with Crippen LogP contribution < -0.4 is 5.56 Å². The molecule has 2 aromatic heterocycles. The number of hydrogen-bond acceptors (Lipinski definition) is 4. The van der Waals surface area contributed by atoms with Gasteiger partial charge in [0.1, 0.15) is 0 Å². The van der Waals surface area contributed by atoms with Crippen molar-refractivity contribution in [2.45, 2.75) is 70.0 Å². The van der Waals surface area contributed by atoms with Gasteiger partial charge in [-0.1, -0.05) is 69.6 Å². The molecule has 1 unspecified atom stereocenters. The van der Waals surface area contributed by atoms with E-state index in [0.717, 1.165) is 60.6 Å². The number of benzene rings is 1. The van der Waals surface area contributed by atoms with Crippen LogP contribution in [0, 0.1) is 0 Å². The van der Waals surface area contributed by atoms with Crippen LogP contribution in [-0.2, 0) is 18.4 Å². The number of hydrogen-bond donors (Lipinski definition) is 0. The summed E-state index contributed by atoms with van der Waals surface area (Å²) in [5, 5.41) is 5.45. The van der Waals surface area contributed by atoms with E-state index in [1.807, 2.05) is 17.0 Å². The summed E-state index contributed by atoms with van der Waals surface area (Å²) in [6, 6.07) is 8.37. The molecule has 0 saturated heterocycles. The summed E-state index contributed by atoms with van der Waals surface area (Å²) >= 11 is 1.51. The van der Waals surface area contributed by atoms with Gasteiger partial charge in [-0.25, -0.2) is 14.1 Å². The van der Waals surface area contributed by atoms with Gasteiger partial charge in [0.15, 0.2) is 5.16 Å². The smallest absolute Gasteiger partial charge is 0.265 e. The average molecular weight is 397 g/mol. The van der Waals surface area contributed by atoms with Crippen LogP contribution in [0.25, 0.3) is 17.0 Å². The van der Waals surface area contributed by atoms with E-state index < -0.39 is 0 Å². The lowest BCUT2D eigenvalue weighted by atomic mass is 9.69. The van der Waals surface area contributed by atoms with Gasteiger partial charge in [-0.2, -0.15) is 0 Å². The summed E-state index contributed by atoms with van der Waals surface area (Å²) in [6.07, 6.45) is 7.08. The van der Waals surface area contributed by atoms with Crippen molar-refractivity contribution < 1.29 is 0 Å². The Bertz CT molecular complexity index is 1080. The fraction of sp³-hybridized carbons (Fsp3) is 0.500. The molecule has 28 heavy (non-hydrogen) atoms. The zero-order valence-electron chi connectivity index (χ0n) is 17.2. The van der Waals surface area contributed by atoms with Gasteiger partial charge in [0.25, 0.3) is 5.56 Å². The molecule has 0 amide bonds. The molecule has 1 aromatic carbocycles. The topological polar surface area (TPSA) is 52.2 Å². The summed E-state index contributed by atoms with van der Waals surface area (Å²) < 4.78 is 3.65. The maximum absolute atomic E-state index is 13.7. The van der Waals surface area contributed by atoms with Gasteiger partial charge in [0.05, 0.1) is 11.3 Å². The van der Waals surface area contributed by atoms with E-state index in [1.165, 1.54) is 17.3 Å². The fourth-order valence-electron chi connectivity index (χ4n) is 4.30. The fourth-order valence-corrected chi connectivity index (χ4v) is 4.82. The van der Waals surface area contributed by atoms with Gasteiger partial charge in [0, 0.05) is 17.5 Å². The lowest BCUT2D eigenvalue weighted by Gasteiger charge is -2.35. The van der Waals surface area contributed by atoms with Crippen molar-refractivity contribution in [1.82, 2.24) is 19.2 Å². The van der Waals surface area contributed by atoms with Gasteiger partial charge in [0.2, 0.25) is 5.78 Å². The van der Waals surface area contributed by atoms with Crippen molar-refractivity contribution in [1.29, 1.82) is 0 Å². The molecule has 0 aliphatic heterocycles. The van der Waals surface area contributed by atoms with Crippen LogP contribution in [0.3, 0.4) is 0 Å². The van der Waals surface area contributed by atoms with Gasteiger partial charge in [-0.05, 0) is 31.1 Å². The van der Waals surface area contributed by atoms with Crippen molar-refractivity contribution in [2.24, 2.45) is 0 Å². The molecule has 0 spiro atoms. The van der Waals surface area contributed by atoms with E-state index in [2.05, 4.69) is 39.0 Å². The van der Waals surface area contributed by atoms with E-state index in [0.29, 0.717) is 5.78 Å². The minimum atomic E-state index is -0.213. The molecule has 6 heteroatoms. The maximum atomic E-state index is 13.7. The molecular weight excluding hydrogens is 368 g/mol. The second-order valence-corrected chi connectivity index (χ2v) is 8.71. The van der Waals surface area contributed by atoms with Crippen LogP contribution in [0.1, 0.15) is 57.6 Å². The predicted octanol–water partition coefficient (Wildman–Crippen LogP) is 4.69. The van der Waals surface area contributed by atoms with Gasteiger partial charge in [-0.3, -0.25) is 4.79 Å². The largest absolute Gasteiger partial charge is 0.268 e. The molecule has 0 radical (unpaired) electrons. The van der Waals surface area contributed by atoms with Crippen molar-refractivity contribution in [3.05, 3.63) is 45.7 Å². The summed E-state index contributed by atoms with van der Waals surface area (Å²) in [5.41, 5.74) is 3.89. The number of thioether (sulfide) groups is 1. The maximum Gasteiger partial charge on any atom is 0.265 e. The first-order valence-corrected chi connectivity index (χ1v) is 11.4. The lowest BCUT2D eigenvalue weighted by Crippen LogP contribution is -2.37. The zero-order valence-corrected chi connectivity index (χ0v) is 18.0. The zero-order chi connectivity index (χ0) is 19.9. The molecule has 0 fully saturated rings. The van der Waals surface area contributed by atoms with Crippen LogP contribution in [0.2, 0.25) is 0 Å². The number of fused-ring (bicyclic) bond motifs is 4. The Morgan fingerprint density at radius 1 is 1.21 bits per heavy atom. The van der Waals surface area contributed by atoms with E-state index in [4.69, 9.17) is 10.1 Å². The first-order valence-electron chi connectivity index (χ1n) is 10.2. The SMILES string of the molecule is CCCCCn1nc(SC)n2c(=O)c3c(nc12)-c1ccccc1CC3(C)CC. The summed E-state index contributed by atoms with van der Waals surface area (Å²) in [4.78, 5) is 18.8. The Morgan fingerprint density at radius 3 is 2.71 bits per heavy atom. The molecule has 2 heterocycles. The third-order valence-electron chi connectivity index (χ3n) is 6.09. The normalized spacial score (nSPS) is 18.3. The first kappa shape index (κ1) is 19.2. The Hall–Kier alpha value is -2.08. The molecule has 4 rings (SSSR count). The number of nitrogens with zero attached hydrogens (tertiary/aromatic N) is 4. The van der Waals surface area contributed by atoms with E-state index in [1.54, 1.807) is 4.40 Å². The molecule has 1 aliphatic carbocycles. The standard InChI is InChI=1S/C22H28N4OS/c1-5-7-10-13-25-20-23-18-16-12-9-8-11-15(16)14-22(3,6-2)17(18)19(27)26(20)21(24-25)28-4/h8-9,11-12H,5-7,10,13-14H2,1-4H3. The minimum absolute atomic E-state index is 0.0462. The highest BCUT2D eigenvalue weighted by Gasteiger charge is 2.38. The lowest BCUT2D eigenvalue weighted by molar-refractivity contribution is 0.439. The van der Waals surface area contributed by atoms with Gasteiger partial charge < -0.3 is 0 Å². The van der Waals surface area contributed by atoms with Crippen LogP contribution in [0.5, 0.6) is 0 Å². The van der Waals surface area contributed by atoms with Crippen LogP contribution in [0.15, 0.2) is 34.2 Å². The number of aromatic nitrogens is 4. The monoisotopic (exact) mass is 396 g/mol. The molecule has 0 bridgehead atoms. The summed E-state index contributed by atoms with van der Waals surface area (Å²) in [5.74, 6) is 0.666. The minimum Gasteiger partial charge on any atom is -0.268 e. The van der Waals surface area contributed by atoms with Crippen molar-refractivity contribution >= 4 is 17.5 Å². The molecule has 0 N–H and O–H groups in total. The quantitative estimate of drug-likeness (QED) is 0.448. The highest BCUT2D eigenvalue weighted by molar-refractivity contribution is 7.98. The third-order valence-corrected chi connectivity index (χ3v) is 6.72. The van der Waals surface area contributed by atoms with E-state index >= 15 is 0 Å². The Balaban J connectivity index is 2.03. The molecule has 5 nitrogen and oxygen atoms in total. The van der Waals surface area contributed by atoms with Gasteiger partial charge >= 0.3 is 0 Å². The van der Waals surface area contributed by atoms with Crippen LogP contribution in [0.4, 0.5) is 0 Å². The first-order chi connectivity index (χ1) is 13.5. The molecular formula is C22H28N4OS. The molecule has 0 saturated carbocycles. The van der Waals surface area contributed by atoms with E-state index in [-0.39, 0.29) is 11.0 Å². The molecule has 148 valence electrons. The molecule has 1 aliphatic rings. The third kappa shape index (κ3) is 2.89. The molecule has 3 aromatic rings. The van der Waals surface area contributed by atoms with Crippen molar-refractivity contribution in [3.8, 4) is 11.3 Å². The summed E-state index contributed by atoms with van der Waals surface area (Å²) in [6.45, 7) is 7.34. The molecule has 1 atom stereocenters. The van der Waals surface area contributed by atoms with Crippen molar-refractivity contribution in [3.63, 3.8) is 0 Å². The second-order valence-electron chi connectivity index (χ2n) is 7.94. The van der Waals surface area contributed by atoms with Crippen molar-refractivity contribution in [2.75, 3.05) is 6.26 Å². The van der Waals surface area contributed by atoms with Crippen LogP contribution in [-0.4, -0.2) is 25.4 Å². The highest BCUT2D eigenvalue weighted by atomic mass is 32.2. The Morgan fingerprint density at radius 2 is 2.00 bits per heavy atom. The van der Waals surface area contributed by atoms with Gasteiger partial charge in [-0.15, -0.1) is 5.10 Å². The predicted molar refractivity (Wildman–Crippen MR) is 115 cm³/mol. The number of unbranched alkanes of at least 4 members (excludes halogenated alkanes) is 2. The highest BCUT2D eigenvalue weighted by Crippen LogP contribution is 2.42. The summed E-state index contributed by atoms with van der Waals surface area (Å²) in [7, 11) is 0. The number of rotatable bonds is 6. The Kier molecular flexibility index (Phi) is 5.08. The second kappa shape index (κ2) is 7.39. The van der Waals surface area contributed by atoms with E-state index in [9.17, 15) is 4.79 Å².